The van der Waals surface area contributed by atoms with E-state index in [1.807, 2.05) is 12.1 Å². The molecule has 1 saturated heterocycles. The number of quaternary nitrogens is 1. The molecule has 0 unspecified atom stereocenters. The van der Waals surface area contributed by atoms with Crippen LogP contribution in [0.3, 0.4) is 0 Å². The van der Waals surface area contributed by atoms with Crippen LogP contribution in [0.1, 0.15) is 17.3 Å². The van der Waals surface area contributed by atoms with Gasteiger partial charge in [0.15, 0.2) is 23.8 Å². The number of amides is 1. The zero-order valence-electron chi connectivity index (χ0n) is 17.2. The molecule has 0 atom stereocenters. The molecule has 1 amide bonds. The Morgan fingerprint density at radius 3 is 2.40 bits per heavy atom. The number of hydrogen-bond acceptors (Lipinski definition) is 6. The molecule has 2 aromatic carbocycles. The molecule has 2 aromatic rings. The molecular formula is C22H26N3O5+. The van der Waals surface area contributed by atoms with Crippen LogP contribution < -0.4 is 29.3 Å². The number of anilines is 2. The van der Waals surface area contributed by atoms with Gasteiger partial charge in [-0.2, -0.15) is 0 Å². The Bertz CT molecular complexity index is 937. The first kappa shape index (κ1) is 20.0. The van der Waals surface area contributed by atoms with Crippen LogP contribution in [0.25, 0.3) is 0 Å². The van der Waals surface area contributed by atoms with Crippen LogP contribution in [0.5, 0.6) is 17.2 Å². The Labute approximate surface area is 175 Å². The van der Waals surface area contributed by atoms with E-state index >= 15 is 0 Å². The second-order valence-electron chi connectivity index (χ2n) is 7.47. The van der Waals surface area contributed by atoms with Crippen LogP contribution >= 0.6 is 0 Å². The monoisotopic (exact) mass is 412 g/mol. The Morgan fingerprint density at radius 2 is 1.77 bits per heavy atom. The molecular weight excluding hydrogens is 386 g/mol. The highest BCUT2D eigenvalue weighted by atomic mass is 16.7. The van der Waals surface area contributed by atoms with E-state index in [0.717, 1.165) is 37.6 Å². The summed E-state index contributed by atoms with van der Waals surface area (Å²) in [5, 5.41) is 2.88. The summed E-state index contributed by atoms with van der Waals surface area (Å²) in [6.07, 6.45) is 0. The predicted molar refractivity (Wildman–Crippen MR) is 112 cm³/mol. The lowest BCUT2D eigenvalue weighted by Gasteiger charge is -2.33. The van der Waals surface area contributed by atoms with Crippen molar-refractivity contribution in [2.75, 3.05) is 56.8 Å². The van der Waals surface area contributed by atoms with Crippen LogP contribution in [0, 0.1) is 0 Å². The third-order valence-corrected chi connectivity index (χ3v) is 5.48. The molecule has 0 bridgehead atoms. The SMILES string of the molecule is COc1ccc(N2CC[NH+](CC(=O)Nc3cc4c(cc3C(C)=O)OCO4)CC2)cc1. The van der Waals surface area contributed by atoms with Gasteiger partial charge in [-0.3, -0.25) is 9.59 Å². The van der Waals surface area contributed by atoms with Crippen molar-refractivity contribution in [3.63, 3.8) is 0 Å². The molecule has 0 aromatic heterocycles. The lowest BCUT2D eigenvalue weighted by Crippen LogP contribution is -3.15. The van der Waals surface area contributed by atoms with Gasteiger partial charge in [0.2, 0.25) is 6.79 Å². The Balaban J connectivity index is 1.34. The highest BCUT2D eigenvalue weighted by Gasteiger charge is 2.24. The molecule has 0 spiro atoms. The van der Waals surface area contributed by atoms with E-state index in [4.69, 9.17) is 14.2 Å². The zero-order chi connectivity index (χ0) is 21.1. The minimum atomic E-state index is -0.135. The summed E-state index contributed by atoms with van der Waals surface area (Å²) in [5.41, 5.74) is 2.05. The van der Waals surface area contributed by atoms with Crippen LogP contribution in [-0.2, 0) is 4.79 Å². The number of ether oxygens (including phenoxy) is 3. The van der Waals surface area contributed by atoms with E-state index in [2.05, 4.69) is 22.3 Å². The van der Waals surface area contributed by atoms with Gasteiger partial charge < -0.3 is 29.3 Å². The number of benzene rings is 2. The van der Waals surface area contributed by atoms with Crippen molar-refractivity contribution in [3.05, 3.63) is 42.0 Å². The topological polar surface area (TPSA) is 81.5 Å². The van der Waals surface area contributed by atoms with E-state index in [1.54, 1.807) is 19.2 Å². The lowest BCUT2D eigenvalue weighted by atomic mass is 10.1. The third kappa shape index (κ3) is 4.33. The van der Waals surface area contributed by atoms with Crippen molar-refractivity contribution < 1.29 is 28.7 Å². The predicted octanol–water partition coefficient (Wildman–Crippen LogP) is 0.970. The van der Waals surface area contributed by atoms with Gasteiger partial charge in [0.1, 0.15) is 5.75 Å². The van der Waals surface area contributed by atoms with E-state index in [9.17, 15) is 9.59 Å². The molecule has 2 heterocycles. The number of hydrogen-bond donors (Lipinski definition) is 2. The normalized spacial score (nSPS) is 15.7. The molecule has 1 fully saturated rings. The smallest absolute Gasteiger partial charge is 0.279 e. The lowest BCUT2D eigenvalue weighted by molar-refractivity contribution is -0.892. The summed E-state index contributed by atoms with van der Waals surface area (Å²) in [4.78, 5) is 28.1. The number of ketones is 1. The summed E-state index contributed by atoms with van der Waals surface area (Å²) in [5.74, 6) is 1.65. The second-order valence-corrected chi connectivity index (χ2v) is 7.47. The maximum Gasteiger partial charge on any atom is 0.279 e. The van der Waals surface area contributed by atoms with Gasteiger partial charge >= 0.3 is 0 Å². The molecule has 30 heavy (non-hydrogen) atoms. The number of fused-ring (bicyclic) bond motifs is 1. The van der Waals surface area contributed by atoms with Crippen molar-refractivity contribution >= 4 is 23.1 Å². The number of nitrogens with one attached hydrogen (secondary N) is 2. The minimum absolute atomic E-state index is 0.118. The molecule has 158 valence electrons. The fourth-order valence-electron chi connectivity index (χ4n) is 3.81. The van der Waals surface area contributed by atoms with E-state index in [1.165, 1.54) is 11.8 Å². The second kappa shape index (κ2) is 8.62. The maximum atomic E-state index is 12.6. The van der Waals surface area contributed by atoms with E-state index in [-0.39, 0.29) is 18.5 Å². The standard InChI is InChI=1S/C22H25N3O5/c1-15(26)18-11-20-21(30-14-29-20)12-19(18)23-22(27)13-24-7-9-25(10-8-24)16-3-5-17(28-2)6-4-16/h3-6,11-12H,7-10,13-14H2,1-2H3,(H,23,27)/p+1. The number of piperazine rings is 1. The summed E-state index contributed by atoms with van der Waals surface area (Å²) in [7, 11) is 1.66. The van der Waals surface area contributed by atoms with Crippen LogP contribution in [-0.4, -0.2) is 58.3 Å². The first-order valence-corrected chi connectivity index (χ1v) is 10.0. The van der Waals surface area contributed by atoms with Crippen molar-refractivity contribution in [1.82, 2.24) is 0 Å². The summed E-state index contributed by atoms with van der Waals surface area (Å²) in [6.45, 7) is 5.40. The molecule has 4 rings (SSSR count). The zero-order valence-corrected chi connectivity index (χ0v) is 17.2. The molecule has 2 aliphatic rings. The van der Waals surface area contributed by atoms with Crippen LogP contribution in [0.15, 0.2) is 36.4 Å². The highest BCUT2D eigenvalue weighted by molar-refractivity contribution is 6.04. The Morgan fingerprint density at radius 1 is 1.10 bits per heavy atom. The van der Waals surface area contributed by atoms with E-state index < -0.39 is 0 Å². The number of carbonyl (C=O) groups is 2. The van der Waals surface area contributed by atoms with Crippen LogP contribution in [0.2, 0.25) is 0 Å². The number of carbonyl (C=O) groups excluding carboxylic acids is 2. The molecule has 0 radical (unpaired) electrons. The number of rotatable bonds is 6. The number of methoxy groups -OCH3 is 1. The fraction of sp³-hybridized carbons (Fsp3) is 0.364. The van der Waals surface area contributed by atoms with Gasteiger partial charge in [0.05, 0.1) is 39.0 Å². The van der Waals surface area contributed by atoms with Gasteiger partial charge in [0, 0.05) is 17.3 Å². The molecule has 8 heteroatoms. The molecule has 0 aliphatic carbocycles. The van der Waals surface area contributed by atoms with Crippen molar-refractivity contribution in [1.29, 1.82) is 0 Å². The average molecular weight is 412 g/mol. The van der Waals surface area contributed by atoms with Crippen LogP contribution in [0.4, 0.5) is 11.4 Å². The largest absolute Gasteiger partial charge is 0.497 e. The summed E-state index contributed by atoms with van der Waals surface area (Å²) < 4.78 is 15.9. The Hall–Kier alpha value is -3.26. The minimum Gasteiger partial charge on any atom is -0.497 e. The first-order chi connectivity index (χ1) is 14.5. The van der Waals surface area contributed by atoms with Gasteiger partial charge in [0.25, 0.3) is 5.91 Å². The van der Waals surface area contributed by atoms with Crippen molar-refractivity contribution in [2.24, 2.45) is 0 Å². The quantitative estimate of drug-likeness (QED) is 0.689. The van der Waals surface area contributed by atoms with E-state index in [0.29, 0.717) is 29.3 Å². The number of nitrogens with zero attached hydrogens (tertiary/aromatic N) is 1. The van der Waals surface area contributed by atoms with Crippen molar-refractivity contribution in [2.45, 2.75) is 6.92 Å². The van der Waals surface area contributed by atoms with Gasteiger partial charge in [-0.05, 0) is 37.3 Å². The Kier molecular flexibility index (Phi) is 5.76. The van der Waals surface area contributed by atoms with Crippen molar-refractivity contribution in [3.8, 4) is 17.2 Å². The van der Waals surface area contributed by atoms with Gasteiger partial charge in [-0.1, -0.05) is 0 Å². The van der Waals surface area contributed by atoms with Gasteiger partial charge in [-0.15, -0.1) is 0 Å². The third-order valence-electron chi connectivity index (χ3n) is 5.48. The molecule has 0 saturated carbocycles. The van der Waals surface area contributed by atoms with Gasteiger partial charge in [-0.25, -0.2) is 0 Å². The molecule has 2 N–H and O–H groups in total. The number of Topliss-reactive ketones (excluding diaryl/α,β-unsaturated/α-hetero) is 1. The highest BCUT2D eigenvalue weighted by Crippen LogP contribution is 2.37. The molecule has 8 nitrogen and oxygen atoms in total. The molecule has 2 aliphatic heterocycles. The average Bonchev–Trinajstić information content (AvgIpc) is 3.21. The maximum absolute atomic E-state index is 12.6. The summed E-state index contributed by atoms with van der Waals surface area (Å²) >= 11 is 0. The fourth-order valence-corrected chi connectivity index (χ4v) is 3.81. The first-order valence-electron chi connectivity index (χ1n) is 10.0. The summed E-state index contributed by atoms with van der Waals surface area (Å²) in [6, 6.07) is 11.3.